The molecular weight excluding hydrogens is 524 g/mol. The second-order valence-electron chi connectivity index (χ2n) is 9.99. The van der Waals surface area contributed by atoms with Crippen LogP contribution in [-0.2, 0) is 26.0 Å². The van der Waals surface area contributed by atoms with Gasteiger partial charge in [-0.25, -0.2) is 8.42 Å². The van der Waals surface area contributed by atoms with Gasteiger partial charge in [0.05, 0.1) is 6.42 Å². The van der Waals surface area contributed by atoms with E-state index in [1.54, 1.807) is 30.3 Å². The van der Waals surface area contributed by atoms with Gasteiger partial charge in [-0.2, -0.15) is 4.72 Å². The van der Waals surface area contributed by atoms with E-state index in [0.29, 0.717) is 24.3 Å². The first-order valence-electron chi connectivity index (χ1n) is 12.4. The average molecular weight is 555 g/mol. The molecule has 2 aromatic carbocycles. The molecular formula is C27H30N4O5S2. The Kier molecular flexibility index (Phi) is 7.03. The minimum atomic E-state index is -4.09. The van der Waals surface area contributed by atoms with E-state index < -0.39 is 27.4 Å². The number of thiophene rings is 1. The third kappa shape index (κ3) is 5.32. The molecule has 0 spiro atoms. The van der Waals surface area contributed by atoms with Crippen LogP contribution in [0.25, 0.3) is 10.4 Å². The molecule has 4 N–H and O–H groups in total. The maximum atomic E-state index is 13.2. The number of hydrogen-bond donors (Lipinski definition) is 3. The summed E-state index contributed by atoms with van der Waals surface area (Å²) in [4.78, 5) is 29.9. The number of piperazine rings is 1. The smallest absolute Gasteiger partial charge is 0.325 e. The van der Waals surface area contributed by atoms with Crippen molar-refractivity contribution >= 4 is 38.9 Å². The van der Waals surface area contributed by atoms with Crippen molar-refractivity contribution < 1.29 is 23.1 Å². The lowest BCUT2D eigenvalue weighted by Crippen LogP contribution is -2.47. The number of nitrogens with one attached hydrogen (secondary N) is 1. The van der Waals surface area contributed by atoms with Gasteiger partial charge in [0.2, 0.25) is 5.91 Å². The van der Waals surface area contributed by atoms with Gasteiger partial charge in [-0.15, -0.1) is 11.3 Å². The average Bonchev–Trinajstić information content (AvgIpc) is 3.37. The SMILES string of the molecule is CN1CCN(C(=O)Cc2cccc(C3CC3(NS(=O)(=O)c3ccc(-c4ccc(N)cc4)s3)C(=O)O)c2)CC1. The molecule has 2 atom stereocenters. The molecule has 1 saturated carbocycles. The Morgan fingerprint density at radius 2 is 1.79 bits per heavy atom. The lowest BCUT2D eigenvalue weighted by Gasteiger charge is -2.32. The Morgan fingerprint density at radius 3 is 2.47 bits per heavy atom. The van der Waals surface area contributed by atoms with Gasteiger partial charge in [-0.3, -0.25) is 9.59 Å². The van der Waals surface area contributed by atoms with Gasteiger partial charge in [-0.05, 0) is 54.4 Å². The molecule has 11 heteroatoms. The standard InChI is InChI=1S/C27H30N4O5S2/c1-30-11-13-31(14-12-30)24(32)16-18-3-2-4-20(15-18)22-17-27(22,26(33)34)29-38(35,36)25-10-9-23(37-25)19-5-7-21(28)8-6-19/h2-10,15,22,29H,11-14,16-17,28H2,1H3,(H,33,34). The van der Waals surface area contributed by atoms with Crippen molar-refractivity contribution in [1.29, 1.82) is 0 Å². The van der Waals surface area contributed by atoms with Gasteiger partial charge in [0.1, 0.15) is 9.75 Å². The molecule has 1 aromatic heterocycles. The third-order valence-electron chi connectivity index (χ3n) is 7.27. The predicted molar refractivity (Wildman–Crippen MR) is 146 cm³/mol. The molecule has 1 saturated heterocycles. The van der Waals surface area contributed by atoms with Gasteiger partial charge in [0.25, 0.3) is 10.0 Å². The summed E-state index contributed by atoms with van der Waals surface area (Å²) in [5, 5.41) is 10.1. The van der Waals surface area contributed by atoms with Crippen LogP contribution in [-0.4, -0.2) is 74.0 Å². The molecule has 1 aliphatic heterocycles. The summed E-state index contributed by atoms with van der Waals surface area (Å²) in [6.45, 7) is 3.04. The van der Waals surface area contributed by atoms with E-state index in [9.17, 15) is 23.1 Å². The normalized spacial score (nSPS) is 21.8. The summed E-state index contributed by atoms with van der Waals surface area (Å²) in [7, 11) is -2.06. The van der Waals surface area contributed by atoms with E-state index >= 15 is 0 Å². The van der Waals surface area contributed by atoms with E-state index in [4.69, 9.17) is 5.73 Å². The van der Waals surface area contributed by atoms with Crippen molar-refractivity contribution in [2.75, 3.05) is 39.0 Å². The molecule has 0 bridgehead atoms. The molecule has 2 unspecified atom stereocenters. The molecule has 5 rings (SSSR count). The van der Waals surface area contributed by atoms with Gasteiger partial charge in [-0.1, -0.05) is 36.4 Å². The lowest BCUT2D eigenvalue weighted by atomic mass is 10.0. The number of hydrogen-bond acceptors (Lipinski definition) is 7. The summed E-state index contributed by atoms with van der Waals surface area (Å²) in [5.74, 6) is -1.73. The minimum absolute atomic E-state index is 0.0332. The summed E-state index contributed by atoms with van der Waals surface area (Å²) >= 11 is 1.07. The number of aliphatic carboxylic acids is 1. The Hall–Kier alpha value is -3.25. The number of likely N-dealkylation sites (N-methyl/N-ethyl adjacent to an activating group) is 1. The van der Waals surface area contributed by atoms with Crippen LogP contribution in [0.2, 0.25) is 0 Å². The van der Waals surface area contributed by atoms with Crippen molar-refractivity contribution in [3.8, 4) is 10.4 Å². The molecule has 200 valence electrons. The van der Waals surface area contributed by atoms with Gasteiger partial charge in [0, 0.05) is 42.7 Å². The minimum Gasteiger partial charge on any atom is -0.480 e. The van der Waals surface area contributed by atoms with E-state index in [-0.39, 0.29) is 23.0 Å². The number of carboxylic acid groups (broad SMARTS) is 1. The van der Waals surface area contributed by atoms with Crippen LogP contribution >= 0.6 is 11.3 Å². The number of amides is 1. The summed E-state index contributed by atoms with van der Waals surface area (Å²) < 4.78 is 29.0. The fourth-order valence-corrected chi connectivity index (χ4v) is 7.59. The highest BCUT2D eigenvalue weighted by molar-refractivity contribution is 7.91. The van der Waals surface area contributed by atoms with Gasteiger partial charge >= 0.3 is 5.97 Å². The predicted octanol–water partition coefficient (Wildman–Crippen LogP) is 2.60. The van der Waals surface area contributed by atoms with Crippen LogP contribution in [0.4, 0.5) is 5.69 Å². The van der Waals surface area contributed by atoms with E-state index in [1.165, 1.54) is 6.07 Å². The number of nitrogens with two attached hydrogens (primary N) is 1. The highest BCUT2D eigenvalue weighted by Gasteiger charge is 2.63. The molecule has 9 nitrogen and oxygen atoms in total. The number of sulfonamides is 1. The van der Waals surface area contributed by atoms with Crippen molar-refractivity contribution in [1.82, 2.24) is 14.5 Å². The van der Waals surface area contributed by atoms with Gasteiger partial charge in [0.15, 0.2) is 0 Å². The highest BCUT2D eigenvalue weighted by atomic mass is 32.2. The largest absolute Gasteiger partial charge is 0.480 e. The summed E-state index contributed by atoms with van der Waals surface area (Å²) in [5.41, 5.74) is 7.02. The van der Waals surface area contributed by atoms with Crippen LogP contribution < -0.4 is 10.5 Å². The highest BCUT2D eigenvalue weighted by Crippen LogP contribution is 2.52. The molecule has 3 aromatic rings. The third-order valence-corrected chi connectivity index (χ3v) is 10.4. The zero-order chi connectivity index (χ0) is 27.1. The molecule has 2 heterocycles. The van der Waals surface area contributed by atoms with Crippen molar-refractivity contribution in [2.45, 2.75) is 28.5 Å². The maximum Gasteiger partial charge on any atom is 0.325 e. The Bertz CT molecular complexity index is 1460. The van der Waals surface area contributed by atoms with Crippen LogP contribution in [0, 0.1) is 0 Å². The van der Waals surface area contributed by atoms with E-state index in [0.717, 1.165) is 40.4 Å². The molecule has 1 aliphatic carbocycles. The van der Waals surface area contributed by atoms with Crippen molar-refractivity contribution in [3.05, 3.63) is 71.8 Å². The Morgan fingerprint density at radius 1 is 1.08 bits per heavy atom. The molecule has 2 aliphatic rings. The van der Waals surface area contributed by atoms with E-state index in [2.05, 4.69) is 9.62 Å². The first-order chi connectivity index (χ1) is 18.1. The first kappa shape index (κ1) is 26.4. The molecule has 1 amide bonds. The summed E-state index contributed by atoms with van der Waals surface area (Å²) in [6.07, 6.45) is 0.354. The van der Waals surface area contributed by atoms with Crippen LogP contribution in [0.1, 0.15) is 23.5 Å². The molecule has 0 radical (unpaired) electrons. The zero-order valence-electron chi connectivity index (χ0n) is 21.0. The number of nitrogen functional groups attached to an aromatic ring is 1. The fourth-order valence-electron chi connectivity index (χ4n) is 4.88. The Labute approximate surface area is 225 Å². The van der Waals surface area contributed by atoms with Crippen molar-refractivity contribution in [2.24, 2.45) is 0 Å². The number of carbonyl (C=O) groups excluding carboxylic acids is 1. The number of carboxylic acids is 1. The van der Waals surface area contributed by atoms with Crippen molar-refractivity contribution in [3.63, 3.8) is 0 Å². The maximum absolute atomic E-state index is 13.2. The zero-order valence-corrected chi connectivity index (χ0v) is 22.6. The number of benzene rings is 2. The van der Waals surface area contributed by atoms with Crippen LogP contribution in [0.3, 0.4) is 0 Å². The fraction of sp³-hybridized carbons (Fsp3) is 0.333. The number of rotatable bonds is 8. The summed E-state index contributed by atoms with van der Waals surface area (Å²) in [6, 6.07) is 17.5. The number of nitrogens with zero attached hydrogens (tertiary/aromatic N) is 2. The van der Waals surface area contributed by atoms with Crippen LogP contribution in [0.5, 0.6) is 0 Å². The van der Waals surface area contributed by atoms with E-state index in [1.807, 2.05) is 36.2 Å². The second kappa shape index (κ2) is 10.1. The topological polar surface area (TPSA) is 133 Å². The molecule has 2 fully saturated rings. The molecule has 38 heavy (non-hydrogen) atoms. The number of anilines is 1. The van der Waals surface area contributed by atoms with Gasteiger partial charge < -0.3 is 20.6 Å². The quantitative estimate of drug-likeness (QED) is 0.365. The monoisotopic (exact) mass is 554 g/mol. The first-order valence-corrected chi connectivity index (χ1v) is 14.7. The Balaban J connectivity index is 1.31. The number of carbonyl (C=O) groups is 2. The second-order valence-corrected chi connectivity index (χ2v) is 13.0. The lowest BCUT2D eigenvalue weighted by molar-refractivity contribution is -0.140. The van der Waals surface area contributed by atoms with Crippen LogP contribution in [0.15, 0.2) is 64.9 Å².